The first-order valence-electron chi connectivity index (χ1n) is 6.96. The lowest BCUT2D eigenvalue weighted by Gasteiger charge is -2.25. The van der Waals surface area contributed by atoms with E-state index in [1.165, 1.54) is 12.2 Å². The average molecular weight is 426 g/mol. The standard InChI is InChI=1S/C14H26N4OS.HI/c1-11(2)8-15-14(16-9-13(19)18(3)4)17-12-6-5-7-20-10-12;/h12H,1,5-10H2,2-4H3,(H2,15,16,17);1H. The minimum absolute atomic E-state index is 0. The van der Waals surface area contributed by atoms with E-state index in [1.54, 1.807) is 19.0 Å². The zero-order chi connectivity index (χ0) is 15.0. The number of hydrogen-bond acceptors (Lipinski definition) is 3. The van der Waals surface area contributed by atoms with E-state index in [0.29, 0.717) is 18.5 Å². The monoisotopic (exact) mass is 426 g/mol. The van der Waals surface area contributed by atoms with Gasteiger partial charge in [-0.05, 0) is 25.5 Å². The largest absolute Gasteiger partial charge is 0.353 e. The molecule has 1 amide bonds. The summed E-state index contributed by atoms with van der Waals surface area (Å²) in [4.78, 5) is 17.5. The van der Waals surface area contributed by atoms with Crippen LogP contribution in [0.25, 0.3) is 0 Å². The van der Waals surface area contributed by atoms with E-state index in [2.05, 4.69) is 22.2 Å². The molecule has 1 unspecified atom stereocenters. The van der Waals surface area contributed by atoms with Crippen molar-refractivity contribution in [1.29, 1.82) is 0 Å². The first-order valence-corrected chi connectivity index (χ1v) is 8.11. The van der Waals surface area contributed by atoms with Crippen LogP contribution in [0.15, 0.2) is 17.1 Å². The van der Waals surface area contributed by atoms with Gasteiger partial charge in [-0.15, -0.1) is 24.0 Å². The summed E-state index contributed by atoms with van der Waals surface area (Å²) in [6, 6.07) is 0.430. The van der Waals surface area contributed by atoms with Gasteiger partial charge in [0.2, 0.25) is 5.91 Å². The molecular weight excluding hydrogens is 399 g/mol. The number of carbonyl (C=O) groups is 1. The number of thioether (sulfide) groups is 1. The minimum atomic E-state index is -0.000515. The molecule has 0 aromatic rings. The highest BCUT2D eigenvalue weighted by molar-refractivity contribution is 14.0. The molecule has 1 aliphatic rings. The number of guanidine groups is 1. The maximum atomic E-state index is 11.6. The van der Waals surface area contributed by atoms with Gasteiger partial charge < -0.3 is 15.5 Å². The fourth-order valence-corrected chi connectivity index (χ4v) is 2.80. The Morgan fingerprint density at radius 1 is 1.48 bits per heavy atom. The Hall–Kier alpha value is -0.440. The predicted octanol–water partition coefficient (Wildman–Crippen LogP) is 1.70. The Morgan fingerprint density at radius 2 is 2.19 bits per heavy atom. The number of nitrogens with one attached hydrogen (secondary N) is 2. The van der Waals surface area contributed by atoms with E-state index in [0.717, 1.165) is 17.7 Å². The molecule has 1 heterocycles. The molecule has 2 N–H and O–H groups in total. The van der Waals surface area contributed by atoms with Crippen LogP contribution in [0.3, 0.4) is 0 Å². The van der Waals surface area contributed by atoms with Gasteiger partial charge in [-0.1, -0.05) is 12.2 Å². The lowest BCUT2D eigenvalue weighted by atomic mass is 10.2. The molecule has 0 saturated carbocycles. The van der Waals surface area contributed by atoms with Gasteiger partial charge in [-0.2, -0.15) is 11.8 Å². The van der Waals surface area contributed by atoms with E-state index in [1.807, 2.05) is 18.7 Å². The molecule has 0 aromatic heterocycles. The summed E-state index contributed by atoms with van der Waals surface area (Å²) in [5, 5.41) is 6.63. The van der Waals surface area contributed by atoms with Crippen molar-refractivity contribution in [3.8, 4) is 0 Å². The highest BCUT2D eigenvalue weighted by atomic mass is 127. The van der Waals surface area contributed by atoms with Crippen molar-refractivity contribution >= 4 is 47.6 Å². The average Bonchev–Trinajstić information content (AvgIpc) is 2.42. The van der Waals surface area contributed by atoms with Gasteiger partial charge >= 0.3 is 0 Å². The molecular formula is C14H27IN4OS. The number of rotatable bonds is 5. The normalized spacial score (nSPS) is 18.4. The number of halogens is 1. The van der Waals surface area contributed by atoms with Crippen LogP contribution < -0.4 is 10.6 Å². The lowest BCUT2D eigenvalue weighted by Crippen LogP contribution is -2.46. The van der Waals surface area contributed by atoms with Crippen LogP contribution in [0.2, 0.25) is 0 Å². The summed E-state index contributed by atoms with van der Waals surface area (Å²) in [7, 11) is 3.48. The Balaban J connectivity index is 0.00000400. The first kappa shape index (κ1) is 20.6. The Kier molecular flexibility index (Phi) is 10.9. The molecule has 1 rings (SSSR count). The number of aliphatic imine (C=N–C) groups is 1. The second kappa shape index (κ2) is 11.2. The Labute approximate surface area is 149 Å². The molecule has 7 heteroatoms. The number of likely N-dealkylation sites (N-methyl/N-ethyl adjacent to an activating group) is 1. The number of carbonyl (C=O) groups excluding carboxylic acids is 1. The Bertz CT molecular complexity index is 368. The van der Waals surface area contributed by atoms with Gasteiger partial charge in [0.25, 0.3) is 0 Å². The van der Waals surface area contributed by atoms with Gasteiger partial charge in [0.15, 0.2) is 5.96 Å². The van der Waals surface area contributed by atoms with Crippen molar-refractivity contribution in [3.05, 3.63) is 12.2 Å². The van der Waals surface area contributed by atoms with Crippen molar-refractivity contribution in [3.63, 3.8) is 0 Å². The molecule has 0 bridgehead atoms. The van der Waals surface area contributed by atoms with Crippen LogP contribution in [-0.4, -0.2) is 61.5 Å². The smallest absolute Gasteiger partial charge is 0.243 e. The van der Waals surface area contributed by atoms with E-state index in [9.17, 15) is 4.79 Å². The molecule has 1 saturated heterocycles. The van der Waals surface area contributed by atoms with Crippen LogP contribution >= 0.6 is 35.7 Å². The third-order valence-electron chi connectivity index (χ3n) is 2.93. The fraction of sp³-hybridized carbons (Fsp3) is 0.714. The van der Waals surface area contributed by atoms with Gasteiger partial charge in [-0.25, -0.2) is 4.99 Å². The second-order valence-electron chi connectivity index (χ2n) is 5.32. The van der Waals surface area contributed by atoms with Crippen molar-refractivity contribution < 1.29 is 4.79 Å². The Morgan fingerprint density at radius 3 is 2.71 bits per heavy atom. The summed E-state index contributed by atoms with van der Waals surface area (Å²) in [5.41, 5.74) is 1.04. The van der Waals surface area contributed by atoms with Gasteiger partial charge in [-0.3, -0.25) is 4.79 Å². The molecule has 5 nitrogen and oxygen atoms in total. The maximum absolute atomic E-state index is 11.6. The number of nitrogens with zero attached hydrogens (tertiary/aromatic N) is 2. The second-order valence-corrected chi connectivity index (χ2v) is 6.47. The van der Waals surface area contributed by atoms with Crippen LogP contribution in [0.5, 0.6) is 0 Å². The molecule has 122 valence electrons. The third kappa shape index (κ3) is 9.23. The van der Waals surface area contributed by atoms with Crippen LogP contribution in [0.1, 0.15) is 19.8 Å². The maximum Gasteiger partial charge on any atom is 0.243 e. The van der Waals surface area contributed by atoms with Crippen molar-refractivity contribution in [2.45, 2.75) is 25.8 Å². The van der Waals surface area contributed by atoms with E-state index in [-0.39, 0.29) is 36.4 Å². The number of hydrogen-bond donors (Lipinski definition) is 2. The summed E-state index contributed by atoms with van der Waals surface area (Å²) in [5.74, 6) is 3.04. The van der Waals surface area contributed by atoms with Crippen molar-refractivity contribution in [2.75, 3.05) is 38.7 Å². The molecule has 0 aromatic carbocycles. The van der Waals surface area contributed by atoms with Crippen LogP contribution in [0.4, 0.5) is 0 Å². The topological polar surface area (TPSA) is 56.7 Å². The zero-order valence-electron chi connectivity index (χ0n) is 13.1. The van der Waals surface area contributed by atoms with E-state index in [4.69, 9.17) is 0 Å². The fourth-order valence-electron chi connectivity index (χ4n) is 1.72. The van der Waals surface area contributed by atoms with Crippen molar-refractivity contribution in [1.82, 2.24) is 15.5 Å². The number of amides is 1. The zero-order valence-corrected chi connectivity index (χ0v) is 16.3. The summed E-state index contributed by atoms with van der Waals surface area (Å²) < 4.78 is 0. The van der Waals surface area contributed by atoms with Crippen molar-refractivity contribution in [2.24, 2.45) is 4.99 Å². The summed E-state index contributed by atoms with van der Waals surface area (Å²) >= 11 is 1.96. The van der Waals surface area contributed by atoms with Gasteiger partial charge in [0.05, 0.1) is 0 Å². The highest BCUT2D eigenvalue weighted by Crippen LogP contribution is 2.16. The van der Waals surface area contributed by atoms with E-state index >= 15 is 0 Å². The first-order chi connectivity index (χ1) is 9.49. The molecule has 0 spiro atoms. The molecule has 1 aliphatic heterocycles. The minimum Gasteiger partial charge on any atom is -0.353 e. The summed E-state index contributed by atoms with van der Waals surface area (Å²) in [6.07, 6.45) is 2.38. The highest BCUT2D eigenvalue weighted by Gasteiger charge is 2.15. The summed E-state index contributed by atoms with van der Waals surface area (Å²) in [6.45, 7) is 6.67. The SMILES string of the molecule is C=C(C)CNC(=NCC(=O)N(C)C)NC1CCCSC1.I. The van der Waals surface area contributed by atoms with E-state index < -0.39 is 0 Å². The lowest BCUT2D eigenvalue weighted by molar-refractivity contribution is -0.127. The third-order valence-corrected chi connectivity index (χ3v) is 4.15. The van der Waals surface area contributed by atoms with Crippen LogP contribution in [0, 0.1) is 0 Å². The molecule has 21 heavy (non-hydrogen) atoms. The van der Waals surface area contributed by atoms with Gasteiger partial charge in [0.1, 0.15) is 6.54 Å². The van der Waals surface area contributed by atoms with Crippen LogP contribution in [-0.2, 0) is 4.79 Å². The van der Waals surface area contributed by atoms with Gasteiger partial charge in [0, 0.05) is 32.4 Å². The predicted molar refractivity (Wildman–Crippen MR) is 103 cm³/mol. The molecule has 0 aliphatic carbocycles. The molecule has 1 atom stereocenters. The molecule has 0 radical (unpaired) electrons. The molecule has 1 fully saturated rings. The quantitative estimate of drug-likeness (QED) is 0.304.